The summed E-state index contributed by atoms with van der Waals surface area (Å²) in [5.41, 5.74) is 4.12. The second-order valence-electron chi connectivity index (χ2n) is 10.7. The van der Waals surface area contributed by atoms with Crippen molar-refractivity contribution in [2.24, 2.45) is 0 Å². The standard InChI is InChI=1S/C31H38F2N4O3S/c1-3-4-17-37(30-14-11-26(32)21-29(30)33)31(38)34-27-15-18-36(19-16-27)22-25-7-5-23(6-8-25)20-24-9-12-28(13-10-24)35-41(2,39)40/h5-14,21,27,35H,3-4,15-20,22H2,1-2H3,(H,34,38). The number of nitrogens with one attached hydrogen (secondary N) is 2. The van der Waals surface area contributed by atoms with E-state index >= 15 is 0 Å². The lowest BCUT2D eigenvalue weighted by molar-refractivity contribution is 0.188. The van der Waals surface area contributed by atoms with Crippen molar-refractivity contribution in [3.63, 3.8) is 0 Å². The molecule has 0 aromatic heterocycles. The number of piperidine rings is 1. The molecule has 2 N–H and O–H groups in total. The van der Waals surface area contributed by atoms with Gasteiger partial charge in [0, 0.05) is 44.0 Å². The molecular formula is C31H38F2N4O3S. The first kappa shape index (κ1) is 30.5. The number of carbonyl (C=O) groups excluding carboxylic acids is 1. The fourth-order valence-corrected chi connectivity index (χ4v) is 5.56. The summed E-state index contributed by atoms with van der Waals surface area (Å²) in [6.45, 7) is 4.85. The van der Waals surface area contributed by atoms with Gasteiger partial charge in [0.2, 0.25) is 10.0 Å². The van der Waals surface area contributed by atoms with Crippen LogP contribution < -0.4 is 14.9 Å². The van der Waals surface area contributed by atoms with Crippen molar-refractivity contribution in [2.75, 3.05) is 35.5 Å². The monoisotopic (exact) mass is 584 g/mol. The third kappa shape index (κ3) is 9.26. The Labute approximate surface area is 241 Å². The van der Waals surface area contributed by atoms with E-state index in [2.05, 4.69) is 39.2 Å². The fourth-order valence-electron chi connectivity index (χ4n) is 5.00. The molecule has 10 heteroatoms. The van der Waals surface area contributed by atoms with Gasteiger partial charge in [0.15, 0.2) is 0 Å². The van der Waals surface area contributed by atoms with Crippen LogP contribution in [0.15, 0.2) is 66.7 Å². The van der Waals surface area contributed by atoms with Gasteiger partial charge >= 0.3 is 6.03 Å². The predicted molar refractivity (Wildman–Crippen MR) is 160 cm³/mol. The number of hydrogen-bond acceptors (Lipinski definition) is 4. The summed E-state index contributed by atoms with van der Waals surface area (Å²) in [6.07, 6.45) is 5.04. The molecule has 4 rings (SSSR count). The summed E-state index contributed by atoms with van der Waals surface area (Å²) in [4.78, 5) is 16.8. The Kier molecular flexibility index (Phi) is 10.3. The van der Waals surface area contributed by atoms with Crippen molar-refractivity contribution in [1.82, 2.24) is 10.2 Å². The summed E-state index contributed by atoms with van der Waals surface area (Å²) >= 11 is 0. The highest BCUT2D eigenvalue weighted by Crippen LogP contribution is 2.22. The highest BCUT2D eigenvalue weighted by molar-refractivity contribution is 7.92. The van der Waals surface area contributed by atoms with Crippen LogP contribution in [0.2, 0.25) is 0 Å². The van der Waals surface area contributed by atoms with Gasteiger partial charge in [-0.2, -0.15) is 0 Å². The maximum atomic E-state index is 14.4. The van der Waals surface area contributed by atoms with E-state index < -0.39 is 21.7 Å². The summed E-state index contributed by atoms with van der Waals surface area (Å²) in [5.74, 6) is -1.41. The molecule has 0 bridgehead atoms. The average molecular weight is 585 g/mol. The van der Waals surface area contributed by atoms with Crippen molar-refractivity contribution >= 4 is 27.4 Å². The normalized spacial score (nSPS) is 14.5. The third-order valence-corrected chi connectivity index (χ3v) is 7.80. The molecule has 0 aliphatic carbocycles. The van der Waals surface area contributed by atoms with Crippen LogP contribution in [0, 0.1) is 11.6 Å². The second-order valence-corrected chi connectivity index (χ2v) is 12.4. The Bertz CT molecular complexity index is 1410. The van der Waals surface area contributed by atoms with Crippen molar-refractivity contribution in [3.8, 4) is 0 Å². The Hall–Kier alpha value is -3.50. The zero-order valence-corrected chi connectivity index (χ0v) is 24.4. The van der Waals surface area contributed by atoms with Gasteiger partial charge < -0.3 is 5.32 Å². The minimum Gasteiger partial charge on any atom is -0.335 e. The van der Waals surface area contributed by atoms with Crippen LogP contribution in [0.4, 0.5) is 25.0 Å². The quantitative estimate of drug-likeness (QED) is 0.294. The highest BCUT2D eigenvalue weighted by atomic mass is 32.2. The van der Waals surface area contributed by atoms with E-state index in [-0.39, 0.29) is 17.8 Å². The molecule has 3 aromatic carbocycles. The Balaban J connectivity index is 1.25. The van der Waals surface area contributed by atoms with Crippen molar-refractivity contribution in [2.45, 2.75) is 51.6 Å². The number of unbranched alkanes of at least 4 members (excludes halogenated alkanes) is 1. The predicted octanol–water partition coefficient (Wildman–Crippen LogP) is 5.91. The zero-order chi connectivity index (χ0) is 29.4. The molecule has 1 heterocycles. The van der Waals surface area contributed by atoms with E-state index in [0.717, 1.165) is 69.6 Å². The van der Waals surface area contributed by atoms with Crippen LogP contribution >= 0.6 is 0 Å². The third-order valence-electron chi connectivity index (χ3n) is 7.19. The van der Waals surface area contributed by atoms with Gasteiger partial charge in [-0.15, -0.1) is 0 Å². The van der Waals surface area contributed by atoms with Gasteiger partial charge in [-0.1, -0.05) is 49.7 Å². The van der Waals surface area contributed by atoms with Crippen LogP contribution in [0.25, 0.3) is 0 Å². The number of amides is 2. The molecule has 1 aliphatic heterocycles. The number of nitrogens with zero attached hydrogens (tertiary/aromatic N) is 2. The molecule has 0 unspecified atom stereocenters. The molecule has 2 amide bonds. The maximum Gasteiger partial charge on any atom is 0.322 e. The average Bonchev–Trinajstić information content (AvgIpc) is 2.92. The van der Waals surface area contributed by atoms with Crippen molar-refractivity contribution in [1.29, 1.82) is 0 Å². The molecule has 0 saturated carbocycles. The van der Waals surface area contributed by atoms with Gasteiger partial charge in [0.25, 0.3) is 0 Å². The first-order valence-corrected chi connectivity index (χ1v) is 15.9. The maximum absolute atomic E-state index is 14.4. The number of rotatable bonds is 11. The van der Waals surface area contributed by atoms with Crippen molar-refractivity contribution in [3.05, 3.63) is 95.1 Å². The SMILES string of the molecule is CCCCN(C(=O)NC1CCN(Cc2ccc(Cc3ccc(NS(C)(=O)=O)cc3)cc2)CC1)c1ccc(F)cc1F. The highest BCUT2D eigenvalue weighted by Gasteiger charge is 2.25. The topological polar surface area (TPSA) is 81.8 Å². The smallest absolute Gasteiger partial charge is 0.322 e. The van der Waals surface area contributed by atoms with E-state index in [9.17, 15) is 22.0 Å². The van der Waals surface area contributed by atoms with Gasteiger partial charge in [-0.05, 0) is 66.6 Å². The summed E-state index contributed by atoms with van der Waals surface area (Å²) in [5, 5.41) is 3.06. The number of sulfonamides is 1. The van der Waals surface area contributed by atoms with E-state index in [1.54, 1.807) is 12.1 Å². The van der Waals surface area contributed by atoms with Gasteiger partial charge in [-0.3, -0.25) is 14.5 Å². The number of anilines is 2. The van der Waals surface area contributed by atoms with E-state index in [1.165, 1.54) is 28.2 Å². The molecule has 0 spiro atoms. The van der Waals surface area contributed by atoms with E-state index in [4.69, 9.17) is 0 Å². The minimum atomic E-state index is -3.29. The molecule has 7 nitrogen and oxygen atoms in total. The van der Waals surface area contributed by atoms with Crippen LogP contribution in [0.1, 0.15) is 49.3 Å². The molecule has 1 saturated heterocycles. The minimum absolute atomic E-state index is 0.00668. The molecule has 3 aromatic rings. The molecule has 0 radical (unpaired) electrons. The molecule has 1 fully saturated rings. The number of likely N-dealkylation sites (tertiary alicyclic amines) is 1. The fraction of sp³-hybridized carbons (Fsp3) is 0.387. The number of benzene rings is 3. The largest absolute Gasteiger partial charge is 0.335 e. The Morgan fingerprint density at radius 1 is 0.951 bits per heavy atom. The van der Waals surface area contributed by atoms with Gasteiger partial charge in [0.1, 0.15) is 11.6 Å². The molecule has 220 valence electrons. The first-order valence-electron chi connectivity index (χ1n) is 14.0. The van der Waals surface area contributed by atoms with Crippen LogP contribution in [0.5, 0.6) is 0 Å². The lowest BCUT2D eigenvalue weighted by Crippen LogP contribution is -2.49. The summed E-state index contributed by atoms with van der Waals surface area (Å²) in [6, 6.07) is 18.8. The van der Waals surface area contributed by atoms with Crippen LogP contribution in [-0.2, 0) is 23.0 Å². The van der Waals surface area contributed by atoms with E-state index in [0.29, 0.717) is 12.2 Å². The van der Waals surface area contributed by atoms with Crippen LogP contribution in [0.3, 0.4) is 0 Å². The second kappa shape index (κ2) is 13.9. The van der Waals surface area contributed by atoms with Gasteiger partial charge in [-0.25, -0.2) is 22.0 Å². The number of halogens is 2. The molecular weight excluding hydrogens is 546 g/mol. The lowest BCUT2D eigenvalue weighted by atomic mass is 10.0. The Morgan fingerprint density at radius 2 is 1.56 bits per heavy atom. The summed E-state index contributed by atoms with van der Waals surface area (Å²) in [7, 11) is -3.29. The number of carbonyl (C=O) groups is 1. The van der Waals surface area contributed by atoms with Gasteiger partial charge in [0.05, 0.1) is 11.9 Å². The zero-order valence-electron chi connectivity index (χ0n) is 23.6. The Morgan fingerprint density at radius 3 is 2.15 bits per heavy atom. The van der Waals surface area contributed by atoms with Crippen molar-refractivity contribution < 1.29 is 22.0 Å². The molecule has 0 atom stereocenters. The van der Waals surface area contributed by atoms with Crippen LogP contribution in [-0.4, -0.2) is 51.3 Å². The molecule has 1 aliphatic rings. The molecule has 41 heavy (non-hydrogen) atoms. The number of urea groups is 1. The van der Waals surface area contributed by atoms with E-state index in [1.807, 2.05) is 19.1 Å². The lowest BCUT2D eigenvalue weighted by Gasteiger charge is -2.34. The number of hydrogen-bond donors (Lipinski definition) is 2. The first-order chi connectivity index (χ1) is 19.6. The summed E-state index contributed by atoms with van der Waals surface area (Å²) < 4.78 is 53.1.